The van der Waals surface area contributed by atoms with Crippen LogP contribution in [0.5, 0.6) is 0 Å². The lowest BCUT2D eigenvalue weighted by Crippen LogP contribution is -2.30. The van der Waals surface area contributed by atoms with E-state index in [-0.39, 0.29) is 5.56 Å². The van der Waals surface area contributed by atoms with Crippen molar-refractivity contribution < 1.29 is 9.90 Å². The molecule has 1 unspecified atom stereocenters. The third-order valence-corrected chi connectivity index (χ3v) is 4.24. The van der Waals surface area contributed by atoms with Gasteiger partial charge in [0.1, 0.15) is 5.69 Å². The van der Waals surface area contributed by atoms with Crippen LogP contribution in [0.15, 0.2) is 30.9 Å². The van der Waals surface area contributed by atoms with Gasteiger partial charge < -0.3 is 9.67 Å². The molecule has 0 aromatic carbocycles. The van der Waals surface area contributed by atoms with Gasteiger partial charge in [-0.3, -0.25) is 9.88 Å². The maximum Gasteiger partial charge on any atom is 0.335 e. The molecule has 0 spiro atoms. The smallest absolute Gasteiger partial charge is 0.335 e. The molecule has 0 aliphatic carbocycles. The number of hydrogen-bond donors (Lipinski definition) is 1. The van der Waals surface area contributed by atoms with Gasteiger partial charge in [-0.05, 0) is 38.4 Å². The normalized spacial score (nSPS) is 18.7. The first-order chi connectivity index (χ1) is 10.6. The molecule has 2 aromatic rings. The zero-order valence-electron chi connectivity index (χ0n) is 12.6. The molecular weight excluding hydrogens is 280 g/mol. The molecule has 0 amide bonds. The summed E-state index contributed by atoms with van der Waals surface area (Å²) < 4.78 is 2.04. The molecule has 1 fully saturated rings. The second kappa shape index (κ2) is 6.27. The Kier molecular flexibility index (Phi) is 4.20. The number of carboxylic acid groups (broad SMARTS) is 1. The summed E-state index contributed by atoms with van der Waals surface area (Å²) in [6, 6.07) is 3.70. The van der Waals surface area contributed by atoms with Crippen LogP contribution in [0.3, 0.4) is 0 Å². The minimum atomic E-state index is -0.953. The Morgan fingerprint density at radius 1 is 1.36 bits per heavy atom. The van der Waals surface area contributed by atoms with Crippen molar-refractivity contribution in [2.75, 3.05) is 13.1 Å². The summed E-state index contributed by atoms with van der Waals surface area (Å²) in [5.74, 6) is -0.953. The predicted molar refractivity (Wildman–Crippen MR) is 82.7 cm³/mol. The molecule has 3 rings (SSSR count). The number of aromatic carboxylic acids is 1. The molecule has 1 aliphatic rings. The maximum atomic E-state index is 11.0. The summed E-state index contributed by atoms with van der Waals surface area (Å²) in [6.07, 6.45) is 7.77. The van der Waals surface area contributed by atoms with E-state index in [1.807, 2.05) is 10.8 Å². The number of pyridine rings is 1. The van der Waals surface area contributed by atoms with E-state index in [9.17, 15) is 4.79 Å². The number of hydrogen-bond acceptors (Lipinski definition) is 4. The summed E-state index contributed by atoms with van der Waals surface area (Å²) in [7, 11) is 0. The second-order valence-corrected chi connectivity index (χ2v) is 5.76. The molecule has 1 N–H and O–H groups in total. The Hall–Kier alpha value is -2.21. The first-order valence-electron chi connectivity index (χ1n) is 7.59. The molecule has 116 valence electrons. The van der Waals surface area contributed by atoms with Gasteiger partial charge in [0.2, 0.25) is 0 Å². The van der Waals surface area contributed by atoms with Gasteiger partial charge in [0.15, 0.2) is 0 Å². The summed E-state index contributed by atoms with van der Waals surface area (Å²) in [5, 5.41) is 9.03. The van der Waals surface area contributed by atoms with E-state index in [1.165, 1.54) is 31.6 Å². The summed E-state index contributed by atoms with van der Waals surface area (Å²) >= 11 is 0. The van der Waals surface area contributed by atoms with Gasteiger partial charge in [0, 0.05) is 31.5 Å². The van der Waals surface area contributed by atoms with E-state index >= 15 is 0 Å². The largest absolute Gasteiger partial charge is 0.478 e. The SMILES string of the molecule is CC1CCCN1CCn1cnc(-c2cc(C(=O)O)ccn2)c1. The van der Waals surface area contributed by atoms with Crippen molar-refractivity contribution in [3.63, 3.8) is 0 Å². The second-order valence-electron chi connectivity index (χ2n) is 5.76. The van der Waals surface area contributed by atoms with Crippen molar-refractivity contribution in [3.05, 3.63) is 36.4 Å². The van der Waals surface area contributed by atoms with Crippen molar-refractivity contribution in [2.24, 2.45) is 0 Å². The molecule has 1 saturated heterocycles. The molecule has 0 radical (unpaired) electrons. The van der Waals surface area contributed by atoms with Crippen LogP contribution in [0.4, 0.5) is 0 Å². The molecule has 2 aromatic heterocycles. The van der Waals surface area contributed by atoms with E-state index in [2.05, 4.69) is 21.8 Å². The molecule has 22 heavy (non-hydrogen) atoms. The summed E-state index contributed by atoms with van der Waals surface area (Å²) in [4.78, 5) is 22.0. The lowest BCUT2D eigenvalue weighted by Gasteiger charge is -2.20. The van der Waals surface area contributed by atoms with Crippen molar-refractivity contribution in [3.8, 4) is 11.4 Å². The average molecular weight is 300 g/mol. The van der Waals surface area contributed by atoms with Gasteiger partial charge in [-0.25, -0.2) is 9.78 Å². The van der Waals surface area contributed by atoms with Gasteiger partial charge in [0.25, 0.3) is 0 Å². The highest BCUT2D eigenvalue weighted by atomic mass is 16.4. The Bertz CT molecular complexity index is 668. The predicted octanol–water partition coefficient (Wildman–Crippen LogP) is 2.13. The number of imidazole rings is 1. The van der Waals surface area contributed by atoms with Crippen LogP contribution in [0.2, 0.25) is 0 Å². The van der Waals surface area contributed by atoms with Crippen molar-refractivity contribution in [1.82, 2.24) is 19.4 Å². The fourth-order valence-electron chi connectivity index (χ4n) is 2.89. The average Bonchev–Trinajstić information content (AvgIpc) is 3.14. The third-order valence-electron chi connectivity index (χ3n) is 4.24. The Morgan fingerprint density at radius 2 is 2.23 bits per heavy atom. The Labute approximate surface area is 129 Å². The first-order valence-corrected chi connectivity index (χ1v) is 7.59. The minimum absolute atomic E-state index is 0.227. The van der Waals surface area contributed by atoms with Gasteiger partial charge in [-0.1, -0.05) is 0 Å². The zero-order chi connectivity index (χ0) is 15.5. The molecule has 0 saturated carbocycles. The third kappa shape index (κ3) is 3.17. The number of carboxylic acids is 1. The van der Waals surface area contributed by atoms with E-state index in [0.717, 1.165) is 13.1 Å². The van der Waals surface area contributed by atoms with E-state index < -0.39 is 5.97 Å². The van der Waals surface area contributed by atoms with Crippen LogP contribution >= 0.6 is 0 Å². The lowest BCUT2D eigenvalue weighted by atomic mass is 10.2. The Morgan fingerprint density at radius 3 is 2.95 bits per heavy atom. The highest BCUT2D eigenvalue weighted by molar-refractivity contribution is 5.88. The van der Waals surface area contributed by atoms with Crippen LogP contribution in [0, 0.1) is 0 Å². The fraction of sp³-hybridized carbons (Fsp3) is 0.438. The lowest BCUT2D eigenvalue weighted by molar-refractivity contribution is 0.0697. The van der Waals surface area contributed by atoms with Crippen molar-refractivity contribution >= 4 is 5.97 Å². The van der Waals surface area contributed by atoms with Gasteiger partial charge in [-0.15, -0.1) is 0 Å². The van der Waals surface area contributed by atoms with Gasteiger partial charge in [-0.2, -0.15) is 0 Å². The summed E-state index contributed by atoms with van der Waals surface area (Å²) in [5.41, 5.74) is 1.52. The van der Waals surface area contributed by atoms with Crippen LogP contribution in [0.1, 0.15) is 30.1 Å². The van der Waals surface area contributed by atoms with Crippen molar-refractivity contribution in [1.29, 1.82) is 0 Å². The molecular formula is C16H20N4O2. The molecule has 6 heteroatoms. The molecule has 1 aliphatic heterocycles. The number of nitrogens with zero attached hydrogens (tertiary/aromatic N) is 4. The number of rotatable bonds is 5. The number of carbonyl (C=O) groups is 1. The molecule has 0 bridgehead atoms. The van der Waals surface area contributed by atoms with Crippen molar-refractivity contribution in [2.45, 2.75) is 32.4 Å². The Balaban J connectivity index is 1.68. The first kappa shape index (κ1) is 14.7. The monoisotopic (exact) mass is 300 g/mol. The van der Waals surface area contributed by atoms with E-state index in [0.29, 0.717) is 17.4 Å². The molecule has 1 atom stereocenters. The topological polar surface area (TPSA) is 71.2 Å². The van der Waals surface area contributed by atoms with Crippen LogP contribution in [0.25, 0.3) is 11.4 Å². The van der Waals surface area contributed by atoms with Crippen LogP contribution in [-0.2, 0) is 6.54 Å². The van der Waals surface area contributed by atoms with Crippen LogP contribution < -0.4 is 0 Å². The summed E-state index contributed by atoms with van der Waals surface area (Å²) in [6.45, 7) is 5.34. The van der Waals surface area contributed by atoms with Gasteiger partial charge in [0.05, 0.1) is 17.6 Å². The van der Waals surface area contributed by atoms with E-state index in [4.69, 9.17) is 5.11 Å². The van der Waals surface area contributed by atoms with Gasteiger partial charge >= 0.3 is 5.97 Å². The highest BCUT2D eigenvalue weighted by Gasteiger charge is 2.19. The highest BCUT2D eigenvalue weighted by Crippen LogP contribution is 2.18. The molecule has 6 nitrogen and oxygen atoms in total. The zero-order valence-corrected chi connectivity index (χ0v) is 12.6. The number of aromatic nitrogens is 3. The fourth-order valence-corrected chi connectivity index (χ4v) is 2.89. The standard InChI is InChI=1S/C16H20N4O2/c1-12-3-2-6-20(12)8-7-19-10-15(18-11-19)14-9-13(16(21)22)4-5-17-14/h4-5,9-12H,2-3,6-8H2,1H3,(H,21,22). The molecule has 3 heterocycles. The van der Waals surface area contributed by atoms with Crippen LogP contribution in [-0.4, -0.2) is 49.6 Å². The number of likely N-dealkylation sites (tertiary alicyclic amines) is 1. The quantitative estimate of drug-likeness (QED) is 0.916. The minimum Gasteiger partial charge on any atom is -0.478 e. The maximum absolute atomic E-state index is 11.0. The van der Waals surface area contributed by atoms with E-state index in [1.54, 1.807) is 12.4 Å².